The lowest BCUT2D eigenvalue weighted by atomic mass is 10.1. The molecule has 1 heterocycles. The summed E-state index contributed by atoms with van der Waals surface area (Å²) in [6.45, 7) is 1.73. The third-order valence-corrected chi connectivity index (χ3v) is 5.91. The quantitative estimate of drug-likeness (QED) is 0.821. The van der Waals surface area contributed by atoms with E-state index in [0.29, 0.717) is 0 Å². The number of benzene rings is 1. The zero-order valence-electron chi connectivity index (χ0n) is 10.9. The average Bonchev–Trinajstić information content (AvgIpc) is 2.89. The van der Waals surface area contributed by atoms with E-state index < -0.39 is 22.0 Å². The van der Waals surface area contributed by atoms with Gasteiger partial charge >= 0.3 is 5.97 Å². The van der Waals surface area contributed by atoms with E-state index in [2.05, 4.69) is 20.7 Å². The average molecular weight is 390 g/mol. The molecule has 2 rings (SSSR count). The number of carboxylic acid groups (broad SMARTS) is 1. The molecular formula is C13H12BrNO4S2. The second-order valence-corrected chi connectivity index (χ2v) is 7.89. The lowest BCUT2D eigenvalue weighted by Gasteiger charge is -2.14. The van der Waals surface area contributed by atoms with Gasteiger partial charge in [-0.1, -0.05) is 28.1 Å². The van der Waals surface area contributed by atoms with Crippen molar-refractivity contribution in [3.8, 4) is 0 Å². The minimum atomic E-state index is -3.75. The molecular weight excluding hydrogens is 378 g/mol. The predicted octanol–water partition coefficient (Wildman–Crippen LogP) is 3.25. The fraction of sp³-hybridized carbons (Fsp3) is 0.154. The van der Waals surface area contributed by atoms with Crippen LogP contribution in [0.2, 0.25) is 0 Å². The molecule has 1 unspecified atom stereocenters. The van der Waals surface area contributed by atoms with Crippen LogP contribution in [0.1, 0.15) is 28.2 Å². The number of aromatic carboxylic acids is 1. The Morgan fingerprint density at radius 2 is 1.95 bits per heavy atom. The standard InChI is InChI=1S/C13H12BrNO4S2/c1-8(9-2-4-10(14)5-3-9)15-21(18,19)11-6-12(13(16)17)20-7-11/h2-8,15H,1H3,(H,16,17). The molecule has 0 amide bonds. The summed E-state index contributed by atoms with van der Waals surface area (Å²) in [7, 11) is -3.75. The molecule has 2 aromatic rings. The fourth-order valence-corrected chi connectivity index (χ4v) is 4.30. The monoisotopic (exact) mass is 389 g/mol. The second-order valence-electron chi connectivity index (χ2n) is 4.35. The van der Waals surface area contributed by atoms with Gasteiger partial charge in [-0.05, 0) is 30.7 Å². The third-order valence-electron chi connectivity index (χ3n) is 2.80. The van der Waals surface area contributed by atoms with Crippen molar-refractivity contribution in [2.24, 2.45) is 0 Å². The Morgan fingerprint density at radius 1 is 1.33 bits per heavy atom. The number of nitrogens with one attached hydrogen (secondary N) is 1. The van der Waals surface area contributed by atoms with Crippen LogP contribution in [0.4, 0.5) is 0 Å². The van der Waals surface area contributed by atoms with E-state index in [1.54, 1.807) is 6.92 Å². The zero-order valence-corrected chi connectivity index (χ0v) is 14.1. The first-order chi connectivity index (χ1) is 9.79. The Balaban J connectivity index is 2.20. The van der Waals surface area contributed by atoms with Gasteiger partial charge in [0.05, 0.1) is 4.90 Å². The first kappa shape index (κ1) is 16.2. The first-order valence-corrected chi connectivity index (χ1v) is 9.05. The maximum atomic E-state index is 12.2. The molecule has 112 valence electrons. The van der Waals surface area contributed by atoms with Gasteiger partial charge in [-0.25, -0.2) is 17.9 Å². The fourth-order valence-electron chi connectivity index (χ4n) is 1.69. The van der Waals surface area contributed by atoms with Crippen molar-refractivity contribution < 1.29 is 18.3 Å². The number of hydrogen-bond donors (Lipinski definition) is 2. The molecule has 5 nitrogen and oxygen atoms in total. The van der Waals surface area contributed by atoms with Crippen LogP contribution in [0.5, 0.6) is 0 Å². The topological polar surface area (TPSA) is 83.5 Å². The minimum Gasteiger partial charge on any atom is -0.477 e. The highest BCUT2D eigenvalue weighted by molar-refractivity contribution is 9.10. The van der Waals surface area contributed by atoms with Crippen molar-refractivity contribution in [2.75, 3.05) is 0 Å². The molecule has 0 fully saturated rings. The van der Waals surface area contributed by atoms with Gasteiger partial charge in [-0.3, -0.25) is 0 Å². The van der Waals surface area contributed by atoms with Crippen LogP contribution in [0.3, 0.4) is 0 Å². The Morgan fingerprint density at radius 3 is 2.48 bits per heavy atom. The van der Waals surface area contributed by atoms with Crippen LogP contribution < -0.4 is 4.72 Å². The maximum absolute atomic E-state index is 12.2. The van der Waals surface area contributed by atoms with Gasteiger partial charge in [0.2, 0.25) is 10.0 Å². The van der Waals surface area contributed by atoms with Crippen molar-refractivity contribution in [1.29, 1.82) is 0 Å². The highest BCUT2D eigenvalue weighted by atomic mass is 79.9. The smallest absolute Gasteiger partial charge is 0.345 e. The van der Waals surface area contributed by atoms with Gasteiger partial charge in [0.25, 0.3) is 0 Å². The molecule has 2 N–H and O–H groups in total. The molecule has 0 bridgehead atoms. The van der Waals surface area contributed by atoms with E-state index in [1.807, 2.05) is 24.3 Å². The Hall–Kier alpha value is -1.22. The van der Waals surface area contributed by atoms with Crippen molar-refractivity contribution in [3.63, 3.8) is 0 Å². The molecule has 0 saturated carbocycles. The van der Waals surface area contributed by atoms with Crippen molar-refractivity contribution in [3.05, 3.63) is 50.6 Å². The molecule has 0 spiro atoms. The van der Waals surface area contributed by atoms with E-state index in [-0.39, 0.29) is 9.77 Å². The number of carboxylic acids is 1. The van der Waals surface area contributed by atoms with Crippen molar-refractivity contribution in [2.45, 2.75) is 17.9 Å². The molecule has 1 atom stereocenters. The molecule has 0 aliphatic carbocycles. The summed E-state index contributed by atoms with van der Waals surface area (Å²) in [5, 5.41) is 10.2. The summed E-state index contributed by atoms with van der Waals surface area (Å²) in [6.07, 6.45) is 0. The highest BCUT2D eigenvalue weighted by Crippen LogP contribution is 2.22. The van der Waals surface area contributed by atoms with Crippen LogP contribution in [-0.4, -0.2) is 19.5 Å². The summed E-state index contributed by atoms with van der Waals surface area (Å²) in [5.74, 6) is -1.14. The van der Waals surface area contributed by atoms with Gasteiger partial charge < -0.3 is 5.11 Å². The lowest BCUT2D eigenvalue weighted by molar-refractivity contribution is 0.0702. The molecule has 0 radical (unpaired) electrons. The van der Waals surface area contributed by atoms with Crippen LogP contribution in [-0.2, 0) is 10.0 Å². The van der Waals surface area contributed by atoms with Gasteiger partial charge in [-0.2, -0.15) is 0 Å². The van der Waals surface area contributed by atoms with E-state index in [4.69, 9.17) is 5.11 Å². The van der Waals surface area contributed by atoms with Gasteiger partial charge in [0.15, 0.2) is 0 Å². The predicted molar refractivity (Wildman–Crippen MR) is 84.2 cm³/mol. The van der Waals surface area contributed by atoms with Crippen LogP contribution in [0.25, 0.3) is 0 Å². The van der Waals surface area contributed by atoms with Gasteiger partial charge in [0.1, 0.15) is 4.88 Å². The number of thiophene rings is 1. The van der Waals surface area contributed by atoms with Crippen LogP contribution in [0.15, 0.2) is 45.1 Å². The maximum Gasteiger partial charge on any atom is 0.345 e. The normalized spacial score (nSPS) is 13.0. The number of sulfonamides is 1. The molecule has 0 aliphatic heterocycles. The minimum absolute atomic E-state index is 0.00771. The molecule has 1 aromatic heterocycles. The number of hydrogen-bond acceptors (Lipinski definition) is 4. The largest absolute Gasteiger partial charge is 0.477 e. The van der Waals surface area contributed by atoms with Gasteiger partial charge in [0, 0.05) is 15.9 Å². The highest BCUT2D eigenvalue weighted by Gasteiger charge is 2.21. The Bertz CT molecular complexity index is 753. The first-order valence-electron chi connectivity index (χ1n) is 5.89. The van der Waals surface area contributed by atoms with E-state index in [0.717, 1.165) is 27.4 Å². The van der Waals surface area contributed by atoms with Crippen molar-refractivity contribution >= 4 is 43.3 Å². The van der Waals surface area contributed by atoms with E-state index in [1.165, 1.54) is 5.38 Å². The Labute approximate surface area is 134 Å². The third kappa shape index (κ3) is 3.91. The number of halogens is 1. The molecule has 1 aromatic carbocycles. The van der Waals surface area contributed by atoms with Crippen LogP contribution >= 0.6 is 27.3 Å². The summed E-state index contributed by atoms with van der Waals surface area (Å²) < 4.78 is 27.9. The molecule has 0 saturated heterocycles. The number of carbonyl (C=O) groups is 1. The number of rotatable bonds is 5. The second kappa shape index (κ2) is 6.27. The zero-order chi connectivity index (χ0) is 15.6. The van der Waals surface area contributed by atoms with Crippen molar-refractivity contribution in [1.82, 2.24) is 4.72 Å². The summed E-state index contributed by atoms with van der Waals surface area (Å²) in [6, 6.07) is 8.02. The summed E-state index contributed by atoms with van der Waals surface area (Å²) in [5.41, 5.74) is 0.815. The van der Waals surface area contributed by atoms with E-state index >= 15 is 0 Å². The Kier molecular flexibility index (Phi) is 4.82. The molecule has 0 aliphatic rings. The lowest BCUT2D eigenvalue weighted by Crippen LogP contribution is -2.26. The van der Waals surface area contributed by atoms with Gasteiger partial charge in [-0.15, -0.1) is 11.3 Å². The summed E-state index contributed by atoms with van der Waals surface area (Å²) >= 11 is 4.20. The molecule has 21 heavy (non-hydrogen) atoms. The van der Waals surface area contributed by atoms with E-state index in [9.17, 15) is 13.2 Å². The molecule has 8 heteroatoms. The van der Waals surface area contributed by atoms with Crippen LogP contribution in [0, 0.1) is 0 Å². The SMILES string of the molecule is CC(NS(=O)(=O)c1csc(C(=O)O)c1)c1ccc(Br)cc1. The summed E-state index contributed by atoms with van der Waals surface area (Å²) in [4.78, 5) is 10.8.